The number of benzene rings is 1. The Morgan fingerprint density at radius 3 is 1.37 bits per heavy atom. The first-order valence-corrected chi connectivity index (χ1v) is 14.9. The van der Waals surface area contributed by atoms with Gasteiger partial charge in [0.15, 0.2) is 0 Å². The van der Waals surface area contributed by atoms with E-state index in [0.29, 0.717) is 11.8 Å². The average Bonchev–Trinajstić information content (AvgIpc) is 2.94. The molecule has 6 heteroatoms. The second kappa shape index (κ2) is 15.5. The Morgan fingerprint density at radius 2 is 1.05 bits per heavy atom. The molecule has 0 N–H and O–H groups in total. The Balaban J connectivity index is 1.58. The van der Waals surface area contributed by atoms with Crippen molar-refractivity contribution in [2.24, 2.45) is 11.8 Å². The minimum Gasteiger partial charge on any atom is -0.459 e. The molecule has 206 valence electrons. The molecule has 2 aliphatic rings. The van der Waals surface area contributed by atoms with Gasteiger partial charge in [0.25, 0.3) is 0 Å². The fraction of sp³-hybridized carbons (Fsp3) is 0.688. The van der Waals surface area contributed by atoms with Crippen LogP contribution in [0.15, 0.2) is 12.1 Å². The van der Waals surface area contributed by atoms with Crippen LogP contribution < -0.4 is 0 Å². The molecule has 2 aliphatic carbocycles. The van der Waals surface area contributed by atoms with Crippen LogP contribution in [-0.4, -0.2) is 24.1 Å². The molecule has 6 nitrogen and oxygen atoms in total. The third-order valence-corrected chi connectivity index (χ3v) is 8.44. The quantitative estimate of drug-likeness (QED) is 0.204. The highest BCUT2D eigenvalue weighted by Crippen LogP contribution is 2.32. The lowest BCUT2D eigenvalue weighted by Gasteiger charge is -2.29. The number of hydrogen-bond acceptors (Lipinski definition) is 6. The maximum Gasteiger partial charge on any atom is 0.339 e. The van der Waals surface area contributed by atoms with Gasteiger partial charge in [-0.1, -0.05) is 65.2 Å². The van der Waals surface area contributed by atoms with Gasteiger partial charge in [-0.3, -0.25) is 0 Å². The van der Waals surface area contributed by atoms with E-state index >= 15 is 0 Å². The number of carbonyl (C=O) groups excluding carboxylic acids is 2. The molecule has 2 saturated carbocycles. The third-order valence-electron chi connectivity index (χ3n) is 8.44. The normalized spacial score (nSPS) is 23.2. The van der Waals surface area contributed by atoms with Gasteiger partial charge in [0.2, 0.25) is 0 Å². The van der Waals surface area contributed by atoms with Gasteiger partial charge in [0, 0.05) is 0 Å². The van der Waals surface area contributed by atoms with Gasteiger partial charge in [0.1, 0.15) is 24.3 Å². The molecule has 0 heterocycles. The summed E-state index contributed by atoms with van der Waals surface area (Å²) < 4.78 is 11.5. The van der Waals surface area contributed by atoms with Crippen LogP contribution in [0.1, 0.15) is 148 Å². The first kappa shape index (κ1) is 29.7. The molecule has 2 fully saturated rings. The maximum absolute atomic E-state index is 13.0. The zero-order valence-corrected chi connectivity index (χ0v) is 23.3. The van der Waals surface area contributed by atoms with E-state index in [9.17, 15) is 20.1 Å². The highest BCUT2D eigenvalue weighted by atomic mass is 16.5. The summed E-state index contributed by atoms with van der Waals surface area (Å²) in [5, 5.41) is 19.6. The number of ether oxygens (including phenoxy) is 2. The molecule has 0 atom stereocenters. The van der Waals surface area contributed by atoms with Crippen molar-refractivity contribution in [2.45, 2.75) is 129 Å². The van der Waals surface area contributed by atoms with Gasteiger partial charge < -0.3 is 9.47 Å². The summed E-state index contributed by atoms with van der Waals surface area (Å²) in [7, 11) is 0. The Kier molecular flexibility index (Phi) is 12.1. The van der Waals surface area contributed by atoms with Crippen molar-refractivity contribution in [1.82, 2.24) is 0 Å². The molecule has 0 amide bonds. The predicted molar refractivity (Wildman–Crippen MR) is 146 cm³/mol. The number of nitriles is 2. The molecule has 1 aromatic rings. The molecular formula is C32H44N2O4. The summed E-state index contributed by atoms with van der Waals surface area (Å²) in [4.78, 5) is 26.0. The molecule has 0 bridgehead atoms. The first-order valence-electron chi connectivity index (χ1n) is 14.9. The maximum atomic E-state index is 13.0. The Bertz CT molecular complexity index is 925. The molecule has 0 saturated heterocycles. The fourth-order valence-corrected chi connectivity index (χ4v) is 6.05. The van der Waals surface area contributed by atoms with Crippen molar-refractivity contribution in [1.29, 1.82) is 10.5 Å². The molecule has 0 radical (unpaired) electrons. The lowest BCUT2D eigenvalue weighted by Crippen LogP contribution is -2.26. The number of carbonyl (C=O) groups is 2. The zero-order chi connectivity index (χ0) is 27.3. The van der Waals surface area contributed by atoms with Crippen LogP contribution in [0, 0.1) is 34.5 Å². The van der Waals surface area contributed by atoms with Crippen molar-refractivity contribution < 1.29 is 19.1 Å². The summed E-state index contributed by atoms with van der Waals surface area (Å²) in [6.45, 7) is 4.42. The van der Waals surface area contributed by atoms with Crippen molar-refractivity contribution in [3.63, 3.8) is 0 Å². The third kappa shape index (κ3) is 8.32. The van der Waals surface area contributed by atoms with Crippen LogP contribution in [0.5, 0.6) is 0 Å². The van der Waals surface area contributed by atoms with Crippen LogP contribution in [-0.2, 0) is 9.47 Å². The Hall–Kier alpha value is -2.86. The number of hydrogen-bond donors (Lipinski definition) is 0. The molecule has 3 rings (SSSR count). The summed E-state index contributed by atoms with van der Waals surface area (Å²) in [5.41, 5.74) is -0.142. The minimum atomic E-state index is -0.603. The van der Waals surface area contributed by atoms with Gasteiger partial charge in [0.05, 0.1) is 22.3 Å². The predicted octanol–water partition coefficient (Wildman–Crippen LogP) is 8.02. The highest BCUT2D eigenvalue weighted by molar-refractivity contribution is 5.98. The number of unbranched alkanes of at least 4 members (excludes halogenated alkanes) is 4. The van der Waals surface area contributed by atoms with Crippen LogP contribution in [0.3, 0.4) is 0 Å². The zero-order valence-electron chi connectivity index (χ0n) is 23.3. The van der Waals surface area contributed by atoms with Gasteiger partial charge in [-0.15, -0.1) is 0 Å². The summed E-state index contributed by atoms with van der Waals surface area (Å²) in [6, 6.07) is 6.79. The second-order valence-corrected chi connectivity index (χ2v) is 11.2. The molecule has 0 aliphatic heterocycles. The van der Waals surface area contributed by atoms with Crippen LogP contribution >= 0.6 is 0 Å². The highest BCUT2D eigenvalue weighted by Gasteiger charge is 2.29. The van der Waals surface area contributed by atoms with E-state index in [1.165, 1.54) is 63.5 Å². The van der Waals surface area contributed by atoms with Gasteiger partial charge >= 0.3 is 11.9 Å². The van der Waals surface area contributed by atoms with E-state index in [1.54, 1.807) is 0 Å². The summed E-state index contributed by atoms with van der Waals surface area (Å²) in [6.07, 6.45) is 17.0. The molecule has 1 aromatic carbocycles. The Morgan fingerprint density at radius 1 is 0.684 bits per heavy atom. The van der Waals surface area contributed by atoms with Crippen molar-refractivity contribution in [2.75, 3.05) is 0 Å². The molecule has 0 unspecified atom stereocenters. The van der Waals surface area contributed by atoms with Gasteiger partial charge in [-0.25, -0.2) is 9.59 Å². The van der Waals surface area contributed by atoms with Crippen molar-refractivity contribution in [3.05, 3.63) is 34.4 Å². The van der Waals surface area contributed by atoms with E-state index < -0.39 is 11.9 Å². The lowest BCUT2D eigenvalue weighted by atomic mass is 9.84. The number of rotatable bonds is 12. The van der Waals surface area contributed by atoms with Crippen molar-refractivity contribution in [3.8, 4) is 12.1 Å². The molecule has 38 heavy (non-hydrogen) atoms. The molecular weight excluding hydrogens is 476 g/mol. The molecule has 0 aromatic heterocycles. The van der Waals surface area contributed by atoms with E-state index in [2.05, 4.69) is 13.8 Å². The van der Waals surface area contributed by atoms with Crippen LogP contribution in [0.2, 0.25) is 0 Å². The van der Waals surface area contributed by atoms with E-state index in [1.807, 2.05) is 12.1 Å². The van der Waals surface area contributed by atoms with Crippen molar-refractivity contribution >= 4 is 11.9 Å². The van der Waals surface area contributed by atoms with Crippen LogP contribution in [0.4, 0.5) is 0 Å². The number of nitrogens with zero attached hydrogens (tertiary/aromatic N) is 2. The first-order chi connectivity index (χ1) is 18.5. The minimum absolute atomic E-state index is 0.0401. The SMILES string of the molecule is CCCCC[C@H]1CC[C@H](OC(=O)c2ccc(C(=O)O[C@H]3CC[C@H](CCCCC)CC3)c(C#N)c2C#N)CC1. The Labute approximate surface area is 228 Å². The monoisotopic (exact) mass is 520 g/mol. The summed E-state index contributed by atoms with van der Waals surface area (Å²) >= 11 is 0. The number of esters is 2. The van der Waals surface area contributed by atoms with E-state index in [0.717, 1.165) is 51.4 Å². The molecule has 0 spiro atoms. The lowest BCUT2D eigenvalue weighted by molar-refractivity contribution is 0.0147. The summed E-state index contributed by atoms with van der Waals surface area (Å²) in [5.74, 6) is 0.179. The fourth-order valence-electron chi connectivity index (χ4n) is 6.05. The largest absolute Gasteiger partial charge is 0.459 e. The van der Waals surface area contributed by atoms with E-state index in [-0.39, 0.29) is 34.5 Å². The average molecular weight is 521 g/mol. The van der Waals surface area contributed by atoms with Crippen LogP contribution in [0.25, 0.3) is 0 Å². The standard InChI is InChI=1S/C32H44N2O4/c1-3-5-7-9-23-11-15-25(16-12-23)37-31(35)27-19-20-28(30(22-34)29(27)21-33)32(36)38-26-17-13-24(14-18-26)10-8-6-4-2/h19-20,23-26H,3-18H2,1-2H3/t23-,24-,25-,26-. The van der Waals surface area contributed by atoms with Gasteiger partial charge in [-0.05, 0) is 75.3 Å². The van der Waals surface area contributed by atoms with Gasteiger partial charge in [-0.2, -0.15) is 10.5 Å². The van der Waals surface area contributed by atoms with E-state index in [4.69, 9.17) is 9.47 Å². The second-order valence-electron chi connectivity index (χ2n) is 11.2. The smallest absolute Gasteiger partial charge is 0.339 e. The topological polar surface area (TPSA) is 100 Å².